The van der Waals surface area contributed by atoms with E-state index < -0.39 is 42.0 Å². The van der Waals surface area contributed by atoms with Gasteiger partial charge in [0.1, 0.15) is 11.6 Å². The van der Waals surface area contributed by atoms with E-state index >= 15 is 0 Å². The maximum Gasteiger partial charge on any atom is 0.307 e. The number of nitrogens with one attached hydrogen (secondary N) is 1. The Hall–Kier alpha value is -2.51. The van der Waals surface area contributed by atoms with Crippen LogP contribution in [0.4, 0.5) is 14.5 Å². The first kappa shape index (κ1) is 19.3. The minimum Gasteiger partial charge on any atom is -0.481 e. The van der Waals surface area contributed by atoms with Gasteiger partial charge in [0.15, 0.2) is 0 Å². The number of carbonyl (C=O) groups is 2. The first-order chi connectivity index (χ1) is 12.8. The maximum absolute atomic E-state index is 14.0. The molecule has 0 aromatic heterocycles. The fourth-order valence-electron chi connectivity index (χ4n) is 3.04. The minimum absolute atomic E-state index is 0.0188. The molecule has 5 nitrogen and oxygen atoms in total. The standard InChI is InChI=1S/C19H16ClF2NO4/c20-14-4-2-11(7-16(14)22)18-13(5-6-27-18)19(26)23-12-3-1-10(8-17(24)25)15(21)9-12/h1-4,7,9,13,18H,5-6,8H2,(H,23,26)(H,24,25)/t13-,18+/m1/s1. The first-order valence-corrected chi connectivity index (χ1v) is 8.60. The van der Waals surface area contributed by atoms with Crippen molar-refractivity contribution >= 4 is 29.2 Å². The van der Waals surface area contributed by atoms with Gasteiger partial charge in [-0.2, -0.15) is 0 Å². The number of carbonyl (C=O) groups excluding carboxylic acids is 1. The molecule has 3 rings (SSSR count). The highest BCUT2D eigenvalue weighted by Crippen LogP contribution is 2.36. The number of amides is 1. The maximum atomic E-state index is 14.0. The molecule has 1 saturated heterocycles. The molecule has 1 aliphatic heterocycles. The highest BCUT2D eigenvalue weighted by Gasteiger charge is 2.35. The largest absolute Gasteiger partial charge is 0.481 e. The Balaban J connectivity index is 1.74. The molecule has 0 aliphatic carbocycles. The third kappa shape index (κ3) is 4.43. The molecular formula is C19H16ClF2NO4. The van der Waals surface area contributed by atoms with Crippen molar-refractivity contribution in [2.24, 2.45) is 5.92 Å². The van der Waals surface area contributed by atoms with Crippen LogP contribution < -0.4 is 5.32 Å². The first-order valence-electron chi connectivity index (χ1n) is 8.23. The van der Waals surface area contributed by atoms with E-state index in [0.29, 0.717) is 18.6 Å². The highest BCUT2D eigenvalue weighted by atomic mass is 35.5. The predicted octanol–water partition coefficient (Wildman–Crippen LogP) is 3.96. The molecule has 0 spiro atoms. The highest BCUT2D eigenvalue weighted by molar-refractivity contribution is 6.30. The molecule has 8 heteroatoms. The van der Waals surface area contributed by atoms with Crippen molar-refractivity contribution in [2.75, 3.05) is 11.9 Å². The SMILES string of the molecule is O=C(O)Cc1ccc(NC(=O)[C@@H]2CCO[C@H]2c2ccc(Cl)c(F)c2)cc1F. The molecule has 27 heavy (non-hydrogen) atoms. The van der Waals surface area contributed by atoms with E-state index in [1.54, 1.807) is 6.07 Å². The summed E-state index contributed by atoms with van der Waals surface area (Å²) in [6.45, 7) is 0.332. The number of anilines is 1. The summed E-state index contributed by atoms with van der Waals surface area (Å²) in [5.41, 5.74) is 0.733. The van der Waals surface area contributed by atoms with Crippen molar-refractivity contribution in [1.29, 1.82) is 0 Å². The number of carboxylic acid groups (broad SMARTS) is 1. The van der Waals surface area contributed by atoms with Crippen LogP contribution in [0.3, 0.4) is 0 Å². The van der Waals surface area contributed by atoms with Crippen molar-refractivity contribution in [2.45, 2.75) is 18.9 Å². The smallest absolute Gasteiger partial charge is 0.307 e. The van der Waals surface area contributed by atoms with E-state index in [9.17, 15) is 18.4 Å². The molecular weight excluding hydrogens is 380 g/mol. The summed E-state index contributed by atoms with van der Waals surface area (Å²) in [7, 11) is 0. The lowest BCUT2D eigenvalue weighted by atomic mass is 9.94. The van der Waals surface area contributed by atoms with Gasteiger partial charge in [0.2, 0.25) is 5.91 Å². The molecule has 2 N–H and O–H groups in total. The molecule has 1 amide bonds. The van der Waals surface area contributed by atoms with E-state index in [-0.39, 0.29) is 16.3 Å². The van der Waals surface area contributed by atoms with E-state index in [2.05, 4.69) is 5.32 Å². The normalized spacial score (nSPS) is 19.1. The monoisotopic (exact) mass is 395 g/mol. The molecule has 1 aliphatic rings. The second kappa shape index (κ2) is 8.02. The lowest BCUT2D eigenvalue weighted by Gasteiger charge is -2.19. The van der Waals surface area contributed by atoms with Crippen molar-refractivity contribution in [3.63, 3.8) is 0 Å². The number of benzene rings is 2. The second-order valence-corrected chi connectivity index (χ2v) is 6.63. The molecule has 0 radical (unpaired) electrons. The summed E-state index contributed by atoms with van der Waals surface area (Å²) in [4.78, 5) is 23.3. The number of ether oxygens (including phenoxy) is 1. The van der Waals surface area contributed by atoms with Gasteiger partial charge in [0.25, 0.3) is 0 Å². The lowest BCUT2D eigenvalue weighted by molar-refractivity contribution is -0.136. The number of halogens is 3. The number of aliphatic carboxylic acids is 1. The van der Waals surface area contributed by atoms with Gasteiger partial charge >= 0.3 is 5.97 Å². The molecule has 0 unspecified atom stereocenters. The molecule has 0 saturated carbocycles. The topological polar surface area (TPSA) is 75.6 Å². The Labute approximate surface area is 158 Å². The van der Waals surface area contributed by atoms with Crippen LogP contribution in [0.1, 0.15) is 23.7 Å². The summed E-state index contributed by atoms with van der Waals surface area (Å²) in [5.74, 6) is -3.42. The molecule has 0 bridgehead atoms. The van der Waals surface area contributed by atoms with Crippen LogP contribution in [0.5, 0.6) is 0 Å². The van der Waals surface area contributed by atoms with E-state index in [1.807, 2.05) is 0 Å². The van der Waals surface area contributed by atoms with Crippen LogP contribution in [0.2, 0.25) is 5.02 Å². The van der Waals surface area contributed by atoms with Gasteiger partial charge in [0, 0.05) is 12.3 Å². The van der Waals surface area contributed by atoms with Crippen molar-refractivity contribution in [3.05, 3.63) is 64.2 Å². The average molecular weight is 396 g/mol. The lowest BCUT2D eigenvalue weighted by Crippen LogP contribution is -2.25. The summed E-state index contributed by atoms with van der Waals surface area (Å²) in [5, 5.41) is 11.3. The number of carboxylic acids is 1. The zero-order chi connectivity index (χ0) is 19.6. The number of rotatable bonds is 5. The van der Waals surface area contributed by atoms with Gasteiger partial charge in [-0.15, -0.1) is 0 Å². The van der Waals surface area contributed by atoms with Crippen LogP contribution in [0, 0.1) is 17.6 Å². The van der Waals surface area contributed by atoms with Crippen LogP contribution in [0.25, 0.3) is 0 Å². The summed E-state index contributed by atoms with van der Waals surface area (Å²) >= 11 is 5.69. The van der Waals surface area contributed by atoms with Gasteiger partial charge in [-0.25, -0.2) is 8.78 Å². The fourth-order valence-corrected chi connectivity index (χ4v) is 3.16. The quantitative estimate of drug-likeness (QED) is 0.803. The van der Waals surface area contributed by atoms with Gasteiger partial charge in [0.05, 0.1) is 23.5 Å². The Morgan fingerprint density at radius 3 is 2.63 bits per heavy atom. The zero-order valence-corrected chi connectivity index (χ0v) is 14.8. The molecule has 1 heterocycles. The second-order valence-electron chi connectivity index (χ2n) is 6.23. The van der Waals surface area contributed by atoms with Gasteiger partial charge < -0.3 is 15.2 Å². The Morgan fingerprint density at radius 2 is 1.96 bits per heavy atom. The third-order valence-corrected chi connectivity index (χ3v) is 4.67. The Bertz CT molecular complexity index is 890. The van der Waals surface area contributed by atoms with Crippen molar-refractivity contribution < 1.29 is 28.2 Å². The van der Waals surface area contributed by atoms with Crippen molar-refractivity contribution in [1.82, 2.24) is 0 Å². The predicted molar refractivity (Wildman–Crippen MR) is 94.6 cm³/mol. The van der Waals surface area contributed by atoms with E-state index in [4.69, 9.17) is 21.4 Å². The number of hydrogen-bond acceptors (Lipinski definition) is 3. The summed E-state index contributed by atoms with van der Waals surface area (Å²) in [6, 6.07) is 8.06. The Kier molecular flexibility index (Phi) is 5.72. The van der Waals surface area contributed by atoms with Crippen LogP contribution >= 0.6 is 11.6 Å². The van der Waals surface area contributed by atoms with E-state index in [1.165, 1.54) is 24.3 Å². The zero-order valence-electron chi connectivity index (χ0n) is 14.0. The summed E-state index contributed by atoms with van der Waals surface area (Å²) in [6.07, 6.45) is -0.644. The van der Waals surface area contributed by atoms with Gasteiger partial charge in [-0.3, -0.25) is 9.59 Å². The molecule has 2 aromatic carbocycles. The number of hydrogen-bond donors (Lipinski definition) is 2. The van der Waals surface area contributed by atoms with Gasteiger partial charge in [-0.05, 0) is 41.8 Å². The molecule has 2 atom stereocenters. The molecule has 142 valence electrons. The van der Waals surface area contributed by atoms with Crippen molar-refractivity contribution in [3.8, 4) is 0 Å². The molecule has 2 aromatic rings. The molecule has 1 fully saturated rings. The third-order valence-electron chi connectivity index (χ3n) is 4.36. The van der Waals surface area contributed by atoms with Crippen LogP contribution in [0.15, 0.2) is 36.4 Å². The average Bonchev–Trinajstić information content (AvgIpc) is 3.09. The summed E-state index contributed by atoms with van der Waals surface area (Å²) < 4.78 is 33.3. The van der Waals surface area contributed by atoms with Crippen LogP contribution in [-0.2, 0) is 20.7 Å². The van der Waals surface area contributed by atoms with E-state index in [0.717, 1.165) is 6.07 Å². The fraction of sp³-hybridized carbons (Fsp3) is 0.263. The van der Waals surface area contributed by atoms with Gasteiger partial charge in [-0.1, -0.05) is 23.7 Å². The Morgan fingerprint density at radius 1 is 1.19 bits per heavy atom. The van der Waals surface area contributed by atoms with Crippen LogP contribution in [-0.4, -0.2) is 23.6 Å². The minimum atomic E-state index is -1.15.